The van der Waals surface area contributed by atoms with Crippen molar-refractivity contribution >= 4 is 62.3 Å². The second kappa shape index (κ2) is 5.04. The maximum absolute atomic E-state index is 13.2. The molecular weight excluding hydrogens is 350 g/mol. The van der Waals surface area contributed by atoms with Gasteiger partial charge in [-0.2, -0.15) is 0 Å². The normalized spacial score (nSPS) is 11.4. The van der Waals surface area contributed by atoms with E-state index in [0.29, 0.717) is 0 Å². The molecule has 0 aliphatic rings. The summed E-state index contributed by atoms with van der Waals surface area (Å²) in [7, 11) is 0. The van der Waals surface area contributed by atoms with Crippen LogP contribution in [0.5, 0.6) is 0 Å². The number of amides is 1. The Bertz CT molecular complexity index is 436. The molecule has 0 unspecified atom stereocenters. The molecule has 8 heteroatoms. The maximum atomic E-state index is 13.2. The highest BCUT2D eigenvalue weighted by Gasteiger charge is 2.31. The molecule has 1 aromatic rings. The van der Waals surface area contributed by atoms with Crippen LogP contribution < -0.4 is 5.32 Å². The zero-order valence-electron chi connectivity index (χ0n) is 7.33. The number of hydrogen-bond acceptors (Lipinski definition) is 1. The molecule has 1 amide bonds. The predicted octanol–water partition coefficient (Wildman–Crippen LogP) is 4.04. The molecule has 1 aromatic carbocycles. The minimum atomic E-state index is -2.24. The summed E-state index contributed by atoms with van der Waals surface area (Å²) in [5, 5.41) is 1.95. The molecule has 0 bridgehead atoms. The van der Waals surface area contributed by atoms with Gasteiger partial charge in [-0.25, -0.2) is 8.78 Å². The Kier molecular flexibility index (Phi) is 4.40. The van der Waals surface area contributed by atoms with Crippen LogP contribution >= 0.6 is 50.7 Å². The Morgan fingerprint density at radius 3 is 2.31 bits per heavy atom. The van der Waals surface area contributed by atoms with Crippen LogP contribution in [-0.4, -0.2) is 9.70 Å². The van der Waals surface area contributed by atoms with E-state index in [0.717, 1.165) is 12.1 Å². The first-order valence-corrected chi connectivity index (χ1v) is 5.67. The standard InChI is InChI=1S/C8H3BrCl3F2NO/c9-3-1-5(14)6(2-4(3)13)15-7(16)8(10,11)12/h1-2H,(H,15,16). The first-order valence-electron chi connectivity index (χ1n) is 3.74. The molecule has 0 aliphatic heterocycles. The van der Waals surface area contributed by atoms with Crippen LogP contribution in [0.4, 0.5) is 14.5 Å². The van der Waals surface area contributed by atoms with Crippen LogP contribution in [0.15, 0.2) is 16.6 Å². The molecule has 0 aromatic heterocycles. The van der Waals surface area contributed by atoms with Gasteiger partial charge in [0.05, 0.1) is 10.2 Å². The summed E-state index contributed by atoms with van der Waals surface area (Å²) < 4.78 is 24.0. The molecule has 0 aliphatic carbocycles. The van der Waals surface area contributed by atoms with Gasteiger partial charge >= 0.3 is 0 Å². The van der Waals surface area contributed by atoms with Crippen LogP contribution in [0.3, 0.4) is 0 Å². The second-order valence-electron chi connectivity index (χ2n) is 2.70. The van der Waals surface area contributed by atoms with Crippen molar-refractivity contribution in [3.63, 3.8) is 0 Å². The largest absolute Gasteiger partial charge is 0.320 e. The van der Waals surface area contributed by atoms with Crippen LogP contribution in [0.25, 0.3) is 0 Å². The van der Waals surface area contributed by atoms with E-state index in [1.165, 1.54) is 0 Å². The molecule has 88 valence electrons. The van der Waals surface area contributed by atoms with Crippen molar-refractivity contribution in [2.75, 3.05) is 5.32 Å². The van der Waals surface area contributed by atoms with Gasteiger partial charge in [0.25, 0.3) is 9.70 Å². The molecule has 1 rings (SSSR count). The first kappa shape index (κ1) is 14.0. The van der Waals surface area contributed by atoms with E-state index in [4.69, 9.17) is 34.8 Å². The topological polar surface area (TPSA) is 29.1 Å². The maximum Gasteiger partial charge on any atom is 0.276 e. The fourth-order valence-electron chi connectivity index (χ4n) is 0.812. The summed E-state index contributed by atoms with van der Waals surface area (Å²) in [6, 6.07) is 1.62. The number of carbonyl (C=O) groups is 1. The summed E-state index contributed by atoms with van der Waals surface area (Å²) in [4.78, 5) is 11.2. The molecule has 0 spiro atoms. The van der Waals surface area contributed by atoms with E-state index >= 15 is 0 Å². The first-order chi connectivity index (χ1) is 7.21. The molecule has 0 fully saturated rings. The fourth-order valence-corrected chi connectivity index (χ4v) is 1.27. The molecule has 0 atom stereocenters. The van der Waals surface area contributed by atoms with Gasteiger partial charge in [0.15, 0.2) is 0 Å². The summed E-state index contributed by atoms with van der Waals surface area (Å²) in [6.07, 6.45) is 0. The summed E-state index contributed by atoms with van der Waals surface area (Å²) in [5.74, 6) is -2.67. The summed E-state index contributed by atoms with van der Waals surface area (Å²) >= 11 is 18.5. The molecule has 0 saturated carbocycles. The van der Waals surface area contributed by atoms with E-state index < -0.39 is 27.0 Å². The lowest BCUT2D eigenvalue weighted by atomic mass is 10.3. The lowest BCUT2D eigenvalue weighted by Crippen LogP contribution is -2.27. The van der Waals surface area contributed by atoms with Gasteiger partial charge in [0, 0.05) is 6.07 Å². The molecular formula is C8H3BrCl3F2NO. The number of benzene rings is 1. The molecule has 0 radical (unpaired) electrons. The third-order valence-electron chi connectivity index (χ3n) is 1.52. The highest BCUT2D eigenvalue weighted by molar-refractivity contribution is 9.10. The Morgan fingerprint density at radius 1 is 1.25 bits per heavy atom. The van der Waals surface area contributed by atoms with E-state index in [9.17, 15) is 13.6 Å². The lowest BCUT2D eigenvalue weighted by molar-refractivity contribution is -0.115. The summed E-state index contributed by atoms with van der Waals surface area (Å²) in [6.45, 7) is 0. The van der Waals surface area contributed by atoms with E-state index in [-0.39, 0.29) is 4.47 Å². The Balaban J connectivity index is 2.99. The Morgan fingerprint density at radius 2 is 1.81 bits per heavy atom. The number of nitrogens with one attached hydrogen (secondary N) is 1. The van der Waals surface area contributed by atoms with Gasteiger partial charge in [-0.3, -0.25) is 4.79 Å². The van der Waals surface area contributed by atoms with Crippen molar-refractivity contribution in [1.82, 2.24) is 0 Å². The second-order valence-corrected chi connectivity index (χ2v) is 5.83. The van der Waals surface area contributed by atoms with Crippen LogP contribution in [0, 0.1) is 11.6 Å². The van der Waals surface area contributed by atoms with Gasteiger partial charge in [0.1, 0.15) is 11.6 Å². The van der Waals surface area contributed by atoms with Gasteiger partial charge in [0.2, 0.25) is 0 Å². The number of hydrogen-bond donors (Lipinski definition) is 1. The van der Waals surface area contributed by atoms with Crippen molar-refractivity contribution in [2.24, 2.45) is 0 Å². The van der Waals surface area contributed by atoms with E-state index in [1.807, 2.05) is 5.32 Å². The van der Waals surface area contributed by atoms with Crippen LogP contribution in [0.2, 0.25) is 0 Å². The smallest absolute Gasteiger partial charge is 0.276 e. The van der Waals surface area contributed by atoms with E-state index in [2.05, 4.69) is 15.9 Å². The minimum absolute atomic E-state index is 0.0723. The molecule has 1 N–H and O–H groups in total. The van der Waals surface area contributed by atoms with Crippen molar-refractivity contribution in [2.45, 2.75) is 3.79 Å². The number of carbonyl (C=O) groups excluding carboxylic acids is 1. The van der Waals surface area contributed by atoms with Gasteiger partial charge in [-0.15, -0.1) is 0 Å². The predicted molar refractivity (Wildman–Crippen MR) is 63.0 cm³/mol. The average Bonchev–Trinajstić information content (AvgIpc) is 2.12. The minimum Gasteiger partial charge on any atom is -0.320 e. The van der Waals surface area contributed by atoms with Crippen LogP contribution in [0.1, 0.15) is 0 Å². The monoisotopic (exact) mass is 351 g/mol. The third-order valence-corrected chi connectivity index (χ3v) is 2.64. The SMILES string of the molecule is O=C(Nc1cc(F)c(Br)cc1F)C(Cl)(Cl)Cl. The van der Waals surface area contributed by atoms with Crippen molar-refractivity contribution in [1.29, 1.82) is 0 Å². The zero-order chi connectivity index (χ0) is 12.5. The molecule has 0 saturated heterocycles. The lowest BCUT2D eigenvalue weighted by Gasteiger charge is -2.12. The summed E-state index contributed by atoms with van der Waals surface area (Å²) in [5.41, 5.74) is -0.406. The fraction of sp³-hybridized carbons (Fsp3) is 0.125. The quantitative estimate of drug-likeness (QED) is 0.599. The highest BCUT2D eigenvalue weighted by atomic mass is 79.9. The van der Waals surface area contributed by atoms with Gasteiger partial charge in [-0.1, -0.05) is 34.8 Å². The average molecular weight is 353 g/mol. The van der Waals surface area contributed by atoms with Gasteiger partial charge < -0.3 is 5.32 Å². The Labute approximate surface area is 113 Å². The number of rotatable bonds is 1. The van der Waals surface area contributed by atoms with Crippen molar-refractivity contribution < 1.29 is 13.6 Å². The molecule has 2 nitrogen and oxygen atoms in total. The van der Waals surface area contributed by atoms with Gasteiger partial charge in [-0.05, 0) is 22.0 Å². The number of anilines is 1. The molecule has 0 heterocycles. The third kappa shape index (κ3) is 3.45. The highest BCUT2D eigenvalue weighted by Crippen LogP contribution is 2.29. The van der Waals surface area contributed by atoms with Crippen LogP contribution in [-0.2, 0) is 4.79 Å². The Hall–Kier alpha value is -0.100. The van der Waals surface area contributed by atoms with E-state index in [1.54, 1.807) is 0 Å². The van der Waals surface area contributed by atoms with Crippen molar-refractivity contribution in [3.05, 3.63) is 28.2 Å². The zero-order valence-corrected chi connectivity index (χ0v) is 11.2. The van der Waals surface area contributed by atoms with Crippen molar-refractivity contribution in [3.8, 4) is 0 Å². The molecule has 16 heavy (non-hydrogen) atoms. The number of halogens is 6. The number of alkyl halides is 3.